The van der Waals surface area contributed by atoms with Crippen LogP contribution in [0.2, 0.25) is 0 Å². The van der Waals surface area contributed by atoms with Crippen LogP contribution in [0.15, 0.2) is 0 Å². The molecule has 0 spiro atoms. The molecule has 0 rings (SSSR count). The van der Waals surface area contributed by atoms with E-state index in [1.807, 2.05) is 13.8 Å². The van der Waals surface area contributed by atoms with Crippen molar-refractivity contribution in [1.82, 2.24) is 0 Å². The Morgan fingerprint density at radius 1 is 1.50 bits per heavy atom. The van der Waals surface area contributed by atoms with Crippen LogP contribution in [0.5, 0.6) is 0 Å². The minimum atomic E-state index is -0.405. The molecule has 0 saturated heterocycles. The van der Waals surface area contributed by atoms with E-state index in [-0.39, 0.29) is 24.4 Å². The van der Waals surface area contributed by atoms with Gasteiger partial charge in [0, 0.05) is 6.04 Å². The highest BCUT2D eigenvalue weighted by Gasteiger charge is 2.04. The summed E-state index contributed by atoms with van der Waals surface area (Å²) in [6.45, 7) is 3.41. The molecule has 52 valence electrons. The Morgan fingerprint density at radius 3 is 1.88 bits per heavy atom. The molecule has 0 aromatic rings. The summed E-state index contributed by atoms with van der Waals surface area (Å²) < 4.78 is 11.5. The normalized spacial score (nSPS) is 13.1. The number of rotatable bonds is 2. The molecule has 1 atom stereocenters. The smallest absolute Gasteiger partial charge is 0.105 e. The Hall–Kier alpha value is 0.180. The van der Waals surface area contributed by atoms with Crippen molar-refractivity contribution in [3.63, 3.8) is 0 Å². The van der Waals surface area contributed by atoms with Crippen molar-refractivity contribution >= 4 is 12.4 Å². The maximum atomic E-state index is 11.5. The maximum absolute atomic E-state index is 11.5. The topological polar surface area (TPSA) is 26.0 Å². The summed E-state index contributed by atoms with van der Waals surface area (Å²) in [4.78, 5) is 0. The number of alkyl halides is 1. The van der Waals surface area contributed by atoms with E-state index in [9.17, 15) is 4.39 Å². The number of hydrogen-bond donors (Lipinski definition) is 1. The van der Waals surface area contributed by atoms with Crippen molar-refractivity contribution in [1.29, 1.82) is 0 Å². The van der Waals surface area contributed by atoms with Gasteiger partial charge < -0.3 is 5.73 Å². The van der Waals surface area contributed by atoms with Crippen molar-refractivity contribution in [3.05, 3.63) is 0 Å². The van der Waals surface area contributed by atoms with Gasteiger partial charge in [-0.25, -0.2) is 4.39 Å². The van der Waals surface area contributed by atoms with Crippen LogP contribution < -0.4 is 5.73 Å². The zero-order valence-corrected chi connectivity index (χ0v) is 6.04. The summed E-state index contributed by atoms with van der Waals surface area (Å²) >= 11 is 0. The molecule has 2 N–H and O–H groups in total. The quantitative estimate of drug-likeness (QED) is 0.618. The fraction of sp³-hybridized carbons (Fsp3) is 1.00. The molecule has 1 nitrogen and oxygen atoms in total. The summed E-state index contributed by atoms with van der Waals surface area (Å²) in [6, 6.07) is -0.264. The first kappa shape index (κ1) is 11.0. The minimum Gasteiger partial charge on any atom is -0.325 e. The lowest BCUT2D eigenvalue weighted by Crippen LogP contribution is -2.28. The van der Waals surface area contributed by atoms with Crippen LogP contribution in [0.1, 0.15) is 13.8 Å². The third-order valence-electron chi connectivity index (χ3n) is 1.03. The predicted molar refractivity (Wildman–Crippen MR) is 36.0 cm³/mol. The molecule has 8 heavy (non-hydrogen) atoms. The largest absolute Gasteiger partial charge is 0.325 e. The maximum Gasteiger partial charge on any atom is 0.105 e. The van der Waals surface area contributed by atoms with Crippen LogP contribution in [-0.4, -0.2) is 12.7 Å². The molecule has 0 aliphatic carbocycles. The molecule has 0 amide bonds. The number of hydrogen-bond acceptors (Lipinski definition) is 1. The average molecular weight is 142 g/mol. The van der Waals surface area contributed by atoms with E-state index in [2.05, 4.69) is 0 Å². The summed E-state index contributed by atoms with van der Waals surface area (Å²) in [5, 5.41) is 0. The van der Waals surface area contributed by atoms with Gasteiger partial charge in [-0.2, -0.15) is 0 Å². The van der Waals surface area contributed by atoms with Gasteiger partial charge in [0.05, 0.1) is 0 Å². The zero-order valence-electron chi connectivity index (χ0n) is 5.23. The first-order valence-corrected chi connectivity index (χ1v) is 2.50. The van der Waals surface area contributed by atoms with E-state index in [1.165, 1.54) is 0 Å². The van der Waals surface area contributed by atoms with E-state index < -0.39 is 6.67 Å². The third-order valence-corrected chi connectivity index (χ3v) is 1.03. The fourth-order valence-corrected chi connectivity index (χ4v) is 0.178. The standard InChI is InChI=1S/C5H12FN.ClH/c1-4(2)5(7)3-6;/h4-5H,3,7H2,1-2H3;1H/t5-;/m1./s1. The van der Waals surface area contributed by atoms with Crippen molar-refractivity contribution in [2.75, 3.05) is 6.67 Å². The highest BCUT2D eigenvalue weighted by molar-refractivity contribution is 5.85. The molecule has 0 aliphatic heterocycles. The number of halogens is 2. The van der Waals surface area contributed by atoms with Crippen molar-refractivity contribution < 1.29 is 4.39 Å². The molecule has 0 radical (unpaired) electrons. The molecule has 0 aromatic heterocycles. The molecule has 0 unspecified atom stereocenters. The lowest BCUT2D eigenvalue weighted by molar-refractivity contribution is 0.365. The SMILES string of the molecule is CC(C)[C@H](N)CF.Cl. The summed E-state index contributed by atoms with van der Waals surface area (Å²) in [7, 11) is 0. The average Bonchev–Trinajstić information content (AvgIpc) is 1.65. The Kier molecular flexibility index (Phi) is 7.34. The van der Waals surface area contributed by atoms with Crippen LogP contribution in [0.3, 0.4) is 0 Å². The van der Waals surface area contributed by atoms with E-state index in [0.717, 1.165) is 0 Å². The van der Waals surface area contributed by atoms with E-state index in [4.69, 9.17) is 5.73 Å². The van der Waals surface area contributed by atoms with Crippen molar-refractivity contribution in [2.24, 2.45) is 11.7 Å². The van der Waals surface area contributed by atoms with Gasteiger partial charge in [0.1, 0.15) is 6.67 Å². The molecule has 0 bridgehead atoms. The van der Waals surface area contributed by atoms with Crippen molar-refractivity contribution in [2.45, 2.75) is 19.9 Å². The predicted octanol–water partition coefficient (Wildman–Crippen LogP) is 1.36. The zero-order chi connectivity index (χ0) is 5.86. The lowest BCUT2D eigenvalue weighted by atomic mass is 10.1. The number of nitrogens with two attached hydrogens (primary N) is 1. The van der Waals surface area contributed by atoms with E-state index in [0.29, 0.717) is 0 Å². The second-order valence-electron chi connectivity index (χ2n) is 2.06. The molecule has 0 aromatic carbocycles. The molecular formula is C5H13ClFN. The third kappa shape index (κ3) is 4.34. The minimum absolute atomic E-state index is 0. The van der Waals surface area contributed by atoms with Crippen LogP contribution in [0.25, 0.3) is 0 Å². The Balaban J connectivity index is 0. The molecule has 0 saturated carbocycles. The Labute approximate surface area is 55.9 Å². The van der Waals surface area contributed by atoms with Crippen LogP contribution in [0.4, 0.5) is 4.39 Å². The summed E-state index contributed by atoms with van der Waals surface area (Å²) in [5.74, 6) is 0.269. The van der Waals surface area contributed by atoms with Gasteiger partial charge >= 0.3 is 0 Å². The van der Waals surface area contributed by atoms with Gasteiger partial charge in [-0.05, 0) is 5.92 Å². The van der Waals surface area contributed by atoms with Crippen molar-refractivity contribution in [3.8, 4) is 0 Å². The van der Waals surface area contributed by atoms with Gasteiger partial charge in [-0.15, -0.1) is 12.4 Å². The second-order valence-corrected chi connectivity index (χ2v) is 2.06. The molecular weight excluding hydrogens is 129 g/mol. The van der Waals surface area contributed by atoms with Crippen LogP contribution in [-0.2, 0) is 0 Å². The highest BCUT2D eigenvalue weighted by Crippen LogP contribution is 1.96. The Morgan fingerprint density at radius 2 is 1.88 bits per heavy atom. The molecule has 0 heterocycles. The second kappa shape index (κ2) is 5.32. The molecule has 0 aliphatic rings. The monoisotopic (exact) mass is 141 g/mol. The summed E-state index contributed by atoms with van der Waals surface area (Å²) in [5.41, 5.74) is 5.24. The first-order chi connectivity index (χ1) is 3.18. The van der Waals surface area contributed by atoms with Gasteiger partial charge in [-0.1, -0.05) is 13.8 Å². The Bertz CT molecular complexity index is 49.7. The van der Waals surface area contributed by atoms with Crippen LogP contribution >= 0.6 is 12.4 Å². The molecule has 0 fully saturated rings. The summed E-state index contributed by atoms with van der Waals surface area (Å²) in [6.07, 6.45) is 0. The van der Waals surface area contributed by atoms with Gasteiger partial charge in [-0.3, -0.25) is 0 Å². The highest BCUT2D eigenvalue weighted by atomic mass is 35.5. The molecule has 3 heteroatoms. The lowest BCUT2D eigenvalue weighted by Gasteiger charge is -2.08. The van der Waals surface area contributed by atoms with Crippen LogP contribution in [0, 0.1) is 5.92 Å². The van der Waals surface area contributed by atoms with E-state index >= 15 is 0 Å². The fourth-order valence-electron chi connectivity index (χ4n) is 0.178. The first-order valence-electron chi connectivity index (χ1n) is 2.50. The van der Waals surface area contributed by atoms with Gasteiger partial charge in [0.15, 0.2) is 0 Å². The van der Waals surface area contributed by atoms with Gasteiger partial charge in [0.2, 0.25) is 0 Å². The van der Waals surface area contributed by atoms with E-state index in [1.54, 1.807) is 0 Å². The van der Waals surface area contributed by atoms with Gasteiger partial charge in [0.25, 0.3) is 0 Å².